The molecule has 6 heteroatoms. The van der Waals surface area contributed by atoms with Crippen LogP contribution in [0.2, 0.25) is 0 Å². The second-order valence-corrected chi connectivity index (χ2v) is 4.55. The maximum atomic E-state index is 10.2. The number of benzene rings is 1. The molecular weight excluding hydrogens is 258 g/mol. The highest BCUT2D eigenvalue weighted by atomic mass is 16.5. The van der Waals surface area contributed by atoms with Crippen molar-refractivity contribution in [1.82, 2.24) is 15.5 Å². The van der Waals surface area contributed by atoms with Gasteiger partial charge in [-0.2, -0.15) is 4.98 Å². The lowest BCUT2D eigenvalue weighted by Gasteiger charge is -2.16. The molecule has 0 aliphatic rings. The van der Waals surface area contributed by atoms with Crippen LogP contribution >= 0.6 is 0 Å². The van der Waals surface area contributed by atoms with E-state index in [1.54, 1.807) is 7.11 Å². The molecule has 0 aliphatic carbocycles. The molecule has 0 saturated carbocycles. The Morgan fingerprint density at radius 2 is 2.30 bits per heavy atom. The van der Waals surface area contributed by atoms with Crippen molar-refractivity contribution < 1.29 is 14.4 Å². The first kappa shape index (κ1) is 14.5. The zero-order chi connectivity index (χ0) is 14.4. The Kier molecular flexibility index (Phi) is 5.09. The van der Waals surface area contributed by atoms with Crippen molar-refractivity contribution in [2.24, 2.45) is 0 Å². The quantitative estimate of drug-likeness (QED) is 0.741. The summed E-state index contributed by atoms with van der Waals surface area (Å²) in [6.07, 6.45) is 1.40. The first-order chi connectivity index (χ1) is 9.70. The molecular formula is C14H19N3O3. The van der Waals surface area contributed by atoms with E-state index in [9.17, 15) is 5.11 Å². The van der Waals surface area contributed by atoms with Gasteiger partial charge in [-0.15, -0.1) is 0 Å². The summed E-state index contributed by atoms with van der Waals surface area (Å²) in [5.41, 5.74) is 1.88. The molecule has 1 heterocycles. The molecule has 0 amide bonds. The average molecular weight is 277 g/mol. The predicted octanol–water partition coefficient (Wildman–Crippen LogP) is 1.25. The number of nitrogens with one attached hydrogen (secondary N) is 1. The lowest BCUT2D eigenvalue weighted by Crippen LogP contribution is -2.24. The Morgan fingerprint density at radius 3 is 3.00 bits per heavy atom. The Bertz CT molecular complexity index is 528. The fourth-order valence-corrected chi connectivity index (χ4v) is 1.96. The number of aliphatic hydroxyl groups excluding tert-OH is 1. The van der Waals surface area contributed by atoms with E-state index >= 15 is 0 Å². The molecule has 20 heavy (non-hydrogen) atoms. The number of aromatic nitrogens is 2. The van der Waals surface area contributed by atoms with Crippen LogP contribution in [0.5, 0.6) is 5.75 Å². The number of ether oxygens (including phenoxy) is 1. The SMILES string of the molecule is COc1ccc(C)cc1C(O)CNCCc1ncno1. The summed E-state index contributed by atoms with van der Waals surface area (Å²) in [6, 6.07) is 5.76. The zero-order valence-corrected chi connectivity index (χ0v) is 11.7. The number of aliphatic hydroxyl groups is 1. The number of methoxy groups -OCH3 is 1. The standard InChI is InChI=1S/C14H19N3O3/c1-10-3-4-13(19-2)11(7-10)12(18)8-15-6-5-14-16-9-17-20-14/h3-4,7,9,12,15,18H,5-6,8H2,1-2H3. The number of nitrogens with zero attached hydrogens (tertiary/aromatic N) is 2. The van der Waals surface area contributed by atoms with Crippen molar-refractivity contribution in [1.29, 1.82) is 0 Å². The summed E-state index contributed by atoms with van der Waals surface area (Å²) in [5.74, 6) is 1.28. The van der Waals surface area contributed by atoms with E-state index in [2.05, 4.69) is 15.5 Å². The summed E-state index contributed by atoms with van der Waals surface area (Å²) < 4.78 is 10.2. The van der Waals surface area contributed by atoms with Gasteiger partial charge in [-0.05, 0) is 19.1 Å². The second kappa shape index (κ2) is 7.02. The minimum atomic E-state index is -0.618. The maximum absolute atomic E-state index is 10.2. The van der Waals surface area contributed by atoms with E-state index in [1.807, 2.05) is 25.1 Å². The van der Waals surface area contributed by atoms with Crippen molar-refractivity contribution >= 4 is 0 Å². The molecule has 0 spiro atoms. The Hall–Kier alpha value is -1.92. The molecule has 1 unspecified atom stereocenters. The second-order valence-electron chi connectivity index (χ2n) is 4.55. The van der Waals surface area contributed by atoms with Crippen LogP contribution in [0.1, 0.15) is 23.1 Å². The molecule has 1 aromatic carbocycles. The Labute approximate surface area is 117 Å². The van der Waals surface area contributed by atoms with Gasteiger partial charge in [0, 0.05) is 25.1 Å². The van der Waals surface area contributed by atoms with Gasteiger partial charge >= 0.3 is 0 Å². The van der Waals surface area contributed by atoms with Crippen LogP contribution in [-0.4, -0.2) is 35.4 Å². The molecule has 0 aliphatic heterocycles. The van der Waals surface area contributed by atoms with Crippen LogP contribution in [-0.2, 0) is 6.42 Å². The summed E-state index contributed by atoms with van der Waals surface area (Å²) in [5, 5.41) is 16.9. The zero-order valence-electron chi connectivity index (χ0n) is 11.7. The van der Waals surface area contributed by atoms with Crippen LogP contribution in [0.15, 0.2) is 29.0 Å². The molecule has 1 aromatic heterocycles. The maximum Gasteiger partial charge on any atom is 0.227 e. The van der Waals surface area contributed by atoms with Gasteiger partial charge < -0.3 is 19.7 Å². The van der Waals surface area contributed by atoms with Crippen LogP contribution in [0.25, 0.3) is 0 Å². The van der Waals surface area contributed by atoms with E-state index in [1.165, 1.54) is 6.33 Å². The van der Waals surface area contributed by atoms with Gasteiger partial charge in [0.2, 0.25) is 5.89 Å². The molecule has 2 rings (SSSR count). The average Bonchev–Trinajstić information content (AvgIpc) is 2.96. The third-order valence-electron chi connectivity index (χ3n) is 3.00. The molecule has 1 atom stereocenters. The van der Waals surface area contributed by atoms with Gasteiger partial charge in [-0.1, -0.05) is 16.8 Å². The number of hydrogen-bond donors (Lipinski definition) is 2. The third kappa shape index (κ3) is 3.79. The van der Waals surface area contributed by atoms with E-state index in [0.717, 1.165) is 11.1 Å². The lowest BCUT2D eigenvalue weighted by atomic mass is 10.1. The van der Waals surface area contributed by atoms with Gasteiger partial charge in [-0.3, -0.25) is 0 Å². The van der Waals surface area contributed by atoms with Crippen molar-refractivity contribution in [3.05, 3.63) is 41.5 Å². The van der Waals surface area contributed by atoms with Gasteiger partial charge in [-0.25, -0.2) is 0 Å². The third-order valence-corrected chi connectivity index (χ3v) is 3.00. The smallest absolute Gasteiger partial charge is 0.227 e. The molecule has 2 N–H and O–H groups in total. The minimum absolute atomic E-state index is 0.438. The molecule has 2 aromatic rings. The van der Waals surface area contributed by atoms with Gasteiger partial charge in [0.1, 0.15) is 5.75 Å². The van der Waals surface area contributed by atoms with Crippen LogP contribution in [0, 0.1) is 6.92 Å². The van der Waals surface area contributed by atoms with Gasteiger partial charge in [0.15, 0.2) is 6.33 Å². The summed E-state index contributed by atoms with van der Waals surface area (Å²) >= 11 is 0. The summed E-state index contributed by atoms with van der Waals surface area (Å²) in [4.78, 5) is 3.93. The van der Waals surface area contributed by atoms with Crippen LogP contribution < -0.4 is 10.1 Å². The summed E-state index contributed by atoms with van der Waals surface area (Å²) in [6.45, 7) is 3.08. The lowest BCUT2D eigenvalue weighted by molar-refractivity contribution is 0.170. The topological polar surface area (TPSA) is 80.4 Å². The van der Waals surface area contributed by atoms with E-state index in [0.29, 0.717) is 31.2 Å². The van der Waals surface area contributed by atoms with Crippen molar-refractivity contribution in [2.45, 2.75) is 19.4 Å². The Balaban J connectivity index is 1.85. The largest absolute Gasteiger partial charge is 0.496 e. The fourth-order valence-electron chi connectivity index (χ4n) is 1.96. The molecule has 108 valence electrons. The van der Waals surface area contributed by atoms with Crippen molar-refractivity contribution in [3.63, 3.8) is 0 Å². The highest BCUT2D eigenvalue weighted by Gasteiger charge is 2.13. The highest BCUT2D eigenvalue weighted by molar-refractivity contribution is 5.38. The van der Waals surface area contributed by atoms with Crippen LogP contribution in [0.4, 0.5) is 0 Å². The van der Waals surface area contributed by atoms with Crippen LogP contribution in [0.3, 0.4) is 0 Å². The first-order valence-electron chi connectivity index (χ1n) is 6.49. The highest BCUT2D eigenvalue weighted by Crippen LogP contribution is 2.25. The monoisotopic (exact) mass is 277 g/mol. The molecule has 0 saturated heterocycles. The first-order valence-corrected chi connectivity index (χ1v) is 6.49. The molecule has 0 radical (unpaired) electrons. The predicted molar refractivity (Wildman–Crippen MR) is 73.6 cm³/mol. The Morgan fingerprint density at radius 1 is 1.45 bits per heavy atom. The number of rotatable bonds is 7. The van der Waals surface area contributed by atoms with Crippen molar-refractivity contribution in [3.8, 4) is 5.75 Å². The minimum Gasteiger partial charge on any atom is -0.496 e. The van der Waals surface area contributed by atoms with Crippen molar-refractivity contribution in [2.75, 3.05) is 20.2 Å². The fraction of sp³-hybridized carbons (Fsp3) is 0.429. The van der Waals surface area contributed by atoms with E-state index < -0.39 is 6.10 Å². The normalized spacial score (nSPS) is 12.3. The molecule has 0 fully saturated rings. The molecule has 6 nitrogen and oxygen atoms in total. The van der Waals surface area contributed by atoms with E-state index in [4.69, 9.17) is 9.26 Å². The number of hydrogen-bond acceptors (Lipinski definition) is 6. The molecule has 0 bridgehead atoms. The number of aryl methyl sites for hydroxylation is 1. The van der Waals surface area contributed by atoms with Gasteiger partial charge in [0.25, 0.3) is 0 Å². The van der Waals surface area contributed by atoms with Gasteiger partial charge in [0.05, 0.1) is 13.2 Å². The summed E-state index contributed by atoms with van der Waals surface area (Å²) in [7, 11) is 1.60. The van der Waals surface area contributed by atoms with E-state index in [-0.39, 0.29) is 0 Å².